The van der Waals surface area contributed by atoms with Crippen LogP contribution >= 0.6 is 0 Å². The van der Waals surface area contributed by atoms with Crippen molar-refractivity contribution in [3.05, 3.63) is 76.2 Å². The summed E-state index contributed by atoms with van der Waals surface area (Å²) in [6.07, 6.45) is -0.941. The molecule has 1 aromatic heterocycles. The summed E-state index contributed by atoms with van der Waals surface area (Å²) in [5.74, 6) is 0.336. The molecule has 1 atom stereocenters. The largest absolute Gasteiger partial charge is 0.489 e. The second-order valence-electron chi connectivity index (χ2n) is 7.47. The number of nitrogens with zero attached hydrogens (tertiary/aromatic N) is 1. The summed E-state index contributed by atoms with van der Waals surface area (Å²) in [6, 6.07) is 12.3. The van der Waals surface area contributed by atoms with Crippen molar-refractivity contribution in [3.63, 3.8) is 0 Å². The number of rotatable bonds is 7. The van der Waals surface area contributed by atoms with Crippen LogP contribution in [-0.4, -0.2) is 23.1 Å². The second kappa shape index (κ2) is 9.47. The van der Waals surface area contributed by atoms with Gasteiger partial charge >= 0.3 is 5.97 Å². The minimum Gasteiger partial charge on any atom is -0.489 e. The summed E-state index contributed by atoms with van der Waals surface area (Å²) in [6.45, 7) is 9.43. The molecule has 0 saturated carbocycles. The molecule has 1 amide bonds. The molecule has 0 bridgehead atoms. The van der Waals surface area contributed by atoms with E-state index >= 15 is 0 Å². The molecule has 7 nitrogen and oxygen atoms in total. The zero-order chi connectivity index (χ0) is 22.5. The average molecular weight is 422 g/mol. The highest BCUT2D eigenvalue weighted by atomic mass is 16.5. The molecular weight excluding hydrogens is 396 g/mol. The molecule has 0 saturated heterocycles. The molecule has 3 rings (SSSR count). The van der Waals surface area contributed by atoms with E-state index in [9.17, 15) is 9.59 Å². The molecule has 7 heteroatoms. The van der Waals surface area contributed by atoms with E-state index in [0.717, 1.165) is 22.4 Å². The first-order valence-corrected chi connectivity index (χ1v) is 9.98. The van der Waals surface area contributed by atoms with E-state index in [1.807, 2.05) is 45.9 Å². The number of hydrogen-bond donors (Lipinski definition) is 1. The Bertz CT molecular complexity index is 1070. The smallest absolute Gasteiger partial charge is 0.338 e. The Labute approximate surface area is 181 Å². The van der Waals surface area contributed by atoms with Crippen LogP contribution < -0.4 is 10.1 Å². The van der Waals surface area contributed by atoms with Gasteiger partial charge in [0.05, 0.1) is 16.8 Å². The summed E-state index contributed by atoms with van der Waals surface area (Å²) in [5, 5.41) is 6.69. The first-order chi connectivity index (χ1) is 14.7. The van der Waals surface area contributed by atoms with E-state index < -0.39 is 12.1 Å². The minimum atomic E-state index is -0.941. The number of aryl methyl sites for hydroxylation is 4. The molecule has 0 radical (unpaired) electrons. The number of aromatic nitrogens is 1. The van der Waals surface area contributed by atoms with Gasteiger partial charge in [0.15, 0.2) is 6.10 Å². The van der Waals surface area contributed by atoms with E-state index in [1.54, 1.807) is 24.3 Å². The Hall–Kier alpha value is -3.61. The molecule has 0 aliphatic heterocycles. The first-order valence-electron chi connectivity index (χ1n) is 9.98. The zero-order valence-electron chi connectivity index (χ0n) is 18.3. The average Bonchev–Trinajstić information content (AvgIpc) is 3.06. The predicted octanol–water partition coefficient (Wildman–Crippen LogP) is 4.67. The van der Waals surface area contributed by atoms with E-state index in [1.165, 1.54) is 6.92 Å². The minimum absolute atomic E-state index is 0.320. The van der Waals surface area contributed by atoms with Gasteiger partial charge in [-0.25, -0.2) is 4.79 Å². The number of hydrogen-bond acceptors (Lipinski definition) is 6. The van der Waals surface area contributed by atoms with Crippen LogP contribution in [-0.2, 0) is 16.1 Å². The van der Waals surface area contributed by atoms with Crippen molar-refractivity contribution in [1.82, 2.24) is 5.16 Å². The highest BCUT2D eigenvalue weighted by molar-refractivity contribution is 5.97. The molecule has 0 unspecified atom stereocenters. The van der Waals surface area contributed by atoms with Crippen LogP contribution in [0, 0.1) is 27.7 Å². The summed E-state index contributed by atoms with van der Waals surface area (Å²) in [7, 11) is 0. The third-order valence-corrected chi connectivity index (χ3v) is 4.95. The van der Waals surface area contributed by atoms with Crippen molar-refractivity contribution in [2.24, 2.45) is 0 Å². The Morgan fingerprint density at radius 3 is 2.39 bits per heavy atom. The van der Waals surface area contributed by atoms with Gasteiger partial charge in [0.25, 0.3) is 5.91 Å². The molecule has 0 spiro atoms. The van der Waals surface area contributed by atoms with Gasteiger partial charge in [0.2, 0.25) is 0 Å². The van der Waals surface area contributed by atoms with Crippen LogP contribution in [0.5, 0.6) is 5.75 Å². The number of esters is 1. The fourth-order valence-electron chi connectivity index (χ4n) is 3.02. The molecule has 2 aromatic carbocycles. The van der Waals surface area contributed by atoms with E-state index in [2.05, 4.69) is 10.5 Å². The number of carbonyl (C=O) groups is 2. The van der Waals surface area contributed by atoms with Gasteiger partial charge in [0.1, 0.15) is 18.1 Å². The van der Waals surface area contributed by atoms with Gasteiger partial charge < -0.3 is 19.3 Å². The van der Waals surface area contributed by atoms with Crippen LogP contribution in [0.4, 0.5) is 5.69 Å². The third-order valence-electron chi connectivity index (χ3n) is 4.95. The Morgan fingerprint density at radius 1 is 1.06 bits per heavy atom. The lowest BCUT2D eigenvalue weighted by molar-refractivity contribution is -0.123. The summed E-state index contributed by atoms with van der Waals surface area (Å²) < 4.78 is 16.2. The number of benzene rings is 2. The molecule has 0 aliphatic rings. The van der Waals surface area contributed by atoms with E-state index in [0.29, 0.717) is 29.4 Å². The van der Waals surface area contributed by atoms with Gasteiger partial charge in [0, 0.05) is 5.69 Å². The number of nitrogens with one attached hydrogen (secondary N) is 1. The van der Waals surface area contributed by atoms with Crippen molar-refractivity contribution in [2.75, 3.05) is 5.32 Å². The van der Waals surface area contributed by atoms with Gasteiger partial charge in [-0.3, -0.25) is 4.79 Å². The Morgan fingerprint density at radius 2 is 1.77 bits per heavy atom. The van der Waals surface area contributed by atoms with Gasteiger partial charge in [-0.05, 0) is 70.5 Å². The van der Waals surface area contributed by atoms with Crippen molar-refractivity contribution in [1.29, 1.82) is 0 Å². The quantitative estimate of drug-likeness (QED) is 0.557. The summed E-state index contributed by atoms with van der Waals surface area (Å²) >= 11 is 0. The van der Waals surface area contributed by atoms with Gasteiger partial charge in [-0.1, -0.05) is 22.9 Å². The predicted molar refractivity (Wildman–Crippen MR) is 116 cm³/mol. The van der Waals surface area contributed by atoms with Gasteiger partial charge in [-0.2, -0.15) is 0 Å². The molecule has 0 aliphatic carbocycles. The lowest BCUT2D eigenvalue weighted by Crippen LogP contribution is -2.30. The molecule has 3 aromatic rings. The fraction of sp³-hybridized carbons (Fsp3) is 0.292. The molecule has 1 N–H and O–H groups in total. The zero-order valence-corrected chi connectivity index (χ0v) is 18.3. The molecule has 162 valence electrons. The van der Waals surface area contributed by atoms with Crippen molar-refractivity contribution < 1.29 is 23.6 Å². The van der Waals surface area contributed by atoms with Crippen LogP contribution in [0.25, 0.3) is 0 Å². The number of amides is 1. The summed E-state index contributed by atoms with van der Waals surface area (Å²) in [4.78, 5) is 24.8. The molecule has 31 heavy (non-hydrogen) atoms. The van der Waals surface area contributed by atoms with Crippen molar-refractivity contribution >= 4 is 17.6 Å². The standard InChI is InChI=1S/C24H26N2O5/c1-14-6-11-22(15(2)12-14)25-23(27)18(5)30-24(28)19-7-9-20(10-8-19)29-13-21-16(3)26-31-17(21)4/h6-12,18H,13H2,1-5H3,(H,25,27)/t18-/m1/s1. The van der Waals surface area contributed by atoms with E-state index in [4.69, 9.17) is 14.0 Å². The number of carbonyl (C=O) groups excluding carboxylic acids is 2. The highest BCUT2D eigenvalue weighted by Gasteiger charge is 2.20. The maximum atomic E-state index is 12.4. The molecular formula is C24H26N2O5. The van der Waals surface area contributed by atoms with Crippen LogP contribution in [0.2, 0.25) is 0 Å². The molecule has 1 heterocycles. The number of ether oxygens (including phenoxy) is 2. The normalized spacial score (nSPS) is 11.6. The third kappa shape index (κ3) is 5.51. The monoisotopic (exact) mass is 422 g/mol. The van der Waals surface area contributed by atoms with Crippen LogP contribution in [0.3, 0.4) is 0 Å². The SMILES string of the molecule is Cc1ccc(NC(=O)[C@@H](C)OC(=O)c2ccc(OCc3c(C)noc3C)cc2)c(C)c1. The Balaban J connectivity index is 1.55. The maximum Gasteiger partial charge on any atom is 0.338 e. The lowest BCUT2D eigenvalue weighted by atomic mass is 10.1. The van der Waals surface area contributed by atoms with E-state index in [-0.39, 0.29) is 5.91 Å². The van der Waals surface area contributed by atoms with Crippen molar-refractivity contribution in [3.8, 4) is 5.75 Å². The molecule has 0 fully saturated rings. The fourth-order valence-corrected chi connectivity index (χ4v) is 3.02. The first kappa shape index (κ1) is 22.1. The topological polar surface area (TPSA) is 90.7 Å². The number of anilines is 1. The summed E-state index contributed by atoms with van der Waals surface area (Å²) in [5.41, 5.74) is 4.75. The van der Waals surface area contributed by atoms with Gasteiger partial charge in [-0.15, -0.1) is 0 Å². The van der Waals surface area contributed by atoms with Crippen molar-refractivity contribution in [2.45, 2.75) is 47.3 Å². The Kier molecular flexibility index (Phi) is 6.74. The second-order valence-corrected chi connectivity index (χ2v) is 7.47. The van der Waals surface area contributed by atoms with Crippen LogP contribution in [0.1, 0.15) is 45.4 Å². The lowest BCUT2D eigenvalue weighted by Gasteiger charge is -2.15. The maximum absolute atomic E-state index is 12.4. The highest BCUT2D eigenvalue weighted by Crippen LogP contribution is 2.19. The van der Waals surface area contributed by atoms with Crippen LogP contribution in [0.15, 0.2) is 47.0 Å².